The van der Waals surface area contributed by atoms with Crippen LogP contribution in [0.4, 0.5) is 0 Å². The Labute approximate surface area is 93.9 Å². The van der Waals surface area contributed by atoms with Gasteiger partial charge in [-0.3, -0.25) is 4.79 Å². The Bertz CT molecular complexity index is 395. The van der Waals surface area contributed by atoms with Crippen molar-refractivity contribution < 1.29 is 4.79 Å². The molecule has 0 radical (unpaired) electrons. The van der Waals surface area contributed by atoms with Gasteiger partial charge in [0.25, 0.3) is 0 Å². The van der Waals surface area contributed by atoms with Crippen LogP contribution >= 0.6 is 11.6 Å². The number of hydrogen-bond acceptors (Lipinski definition) is 2. The van der Waals surface area contributed by atoms with Gasteiger partial charge in [0, 0.05) is 30.1 Å². The van der Waals surface area contributed by atoms with Crippen LogP contribution in [0.2, 0.25) is 5.02 Å². The topological polar surface area (TPSA) is 29.1 Å². The highest BCUT2D eigenvalue weighted by Crippen LogP contribution is 2.15. The second-order valence-corrected chi connectivity index (χ2v) is 4.05. The largest absolute Gasteiger partial charge is 0.388 e. The maximum Gasteiger partial charge on any atom is 0.140 e. The SMILES string of the molecule is O=C1CCN/C(=C/c2ccc(Cl)cc2)C1. The van der Waals surface area contributed by atoms with Crippen LogP contribution < -0.4 is 5.32 Å². The van der Waals surface area contributed by atoms with E-state index in [1.54, 1.807) is 0 Å². The van der Waals surface area contributed by atoms with Crippen LogP contribution in [0.15, 0.2) is 30.0 Å². The molecule has 15 heavy (non-hydrogen) atoms. The molecule has 1 fully saturated rings. The minimum absolute atomic E-state index is 0.300. The lowest BCUT2D eigenvalue weighted by atomic mass is 10.1. The third-order valence-electron chi connectivity index (χ3n) is 2.35. The van der Waals surface area contributed by atoms with Crippen molar-refractivity contribution in [2.45, 2.75) is 12.8 Å². The van der Waals surface area contributed by atoms with Crippen molar-refractivity contribution >= 4 is 23.5 Å². The molecule has 0 unspecified atom stereocenters. The standard InChI is InChI=1S/C12H12ClNO/c13-10-3-1-9(2-4-10)7-11-8-12(15)5-6-14-11/h1-4,7,14H,5-6,8H2/b11-7+. The van der Waals surface area contributed by atoms with Gasteiger partial charge in [-0.25, -0.2) is 0 Å². The van der Waals surface area contributed by atoms with Crippen molar-refractivity contribution in [2.75, 3.05) is 6.54 Å². The molecule has 0 bridgehead atoms. The Kier molecular flexibility index (Phi) is 3.07. The van der Waals surface area contributed by atoms with Gasteiger partial charge in [0.15, 0.2) is 0 Å². The van der Waals surface area contributed by atoms with E-state index in [0.717, 1.165) is 22.8 Å². The Morgan fingerprint density at radius 3 is 2.67 bits per heavy atom. The first-order chi connectivity index (χ1) is 7.24. The number of piperidine rings is 1. The van der Waals surface area contributed by atoms with Gasteiger partial charge in [0.2, 0.25) is 0 Å². The smallest absolute Gasteiger partial charge is 0.140 e. The molecule has 0 aliphatic carbocycles. The molecule has 3 heteroatoms. The van der Waals surface area contributed by atoms with Crippen LogP contribution in [0.25, 0.3) is 6.08 Å². The average Bonchev–Trinajstić information content (AvgIpc) is 2.22. The number of rotatable bonds is 1. The maximum absolute atomic E-state index is 11.2. The van der Waals surface area contributed by atoms with Gasteiger partial charge in [-0.05, 0) is 23.8 Å². The van der Waals surface area contributed by atoms with E-state index < -0.39 is 0 Å². The second-order valence-electron chi connectivity index (χ2n) is 3.61. The van der Waals surface area contributed by atoms with E-state index in [-0.39, 0.29) is 0 Å². The first-order valence-corrected chi connectivity index (χ1v) is 5.33. The third-order valence-corrected chi connectivity index (χ3v) is 2.61. The lowest BCUT2D eigenvalue weighted by Gasteiger charge is -2.15. The van der Waals surface area contributed by atoms with Crippen molar-refractivity contribution in [2.24, 2.45) is 0 Å². The molecule has 1 N–H and O–H groups in total. The monoisotopic (exact) mass is 221 g/mol. The maximum atomic E-state index is 11.2. The number of carbonyl (C=O) groups is 1. The molecule has 0 saturated carbocycles. The van der Waals surface area contributed by atoms with E-state index in [0.29, 0.717) is 18.6 Å². The van der Waals surface area contributed by atoms with Gasteiger partial charge in [-0.1, -0.05) is 23.7 Å². The first kappa shape index (κ1) is 10.2. The molecule has 0 atom stereocenters. The molecule has 0 aromatic heterocycles. The number of allylic oxidation sites excluding steroid dienone is 1. The highest BCUT2D eigenvalue weighted by molar-refractivity contribution is 6.30. The summed E-state index contributed by atoms with van der Waals surface area (Å²) >= 11 is 5.79. The zero-order valence-corrected chi connectivity index (χ0v) is 9.05. The van der Waals surface area contributed by atoms with Gasteiger partial charge < -0.3 is 5.32 Å². The fraction of sp³-hybridized carbons (Fsp3) is 0.250. The predicted octanol–water partition coefficient (Wildman–Crippen LogP) is 2.63. The lowest BCUT2D eigenvalue weighted by molar-refractivity contribution is -0.119. The van der Waals surface area contributed by atoms with Crippen molar-refractivity contribution in [3.63, 3.8) is 0 Å². The summed E-state index contributed by atoms with van der Waals surface area (Å²) in [5.41, 5.74) is 2.06. The number of benzene rings is 1. The molecule has 0 amide bonds. The lowest BCUT2D eigenvalue weighted by Crippen LogP contribution is -2.25. The Morgan fingerprint density at radius 1 is 1.27 bits per heavy atom. The number of nitrogens with one attached hydrogen (secondary N) is 1. The van der Waals surface area contributed by atoms with Crippen molar-refractivity contribution in [3.8, 4) is 0 Å². The first-order valence-electron chi connectivity index (χ1n) is 4.96. The summed E-state index contributed by atoms with van der Waals surface area (Å²) in [5, 5.41) is 3.95. The summed E-state index contributed by atoms with van der Waals surface area (Å²) in [6, 6.07) is 7.57. The Hall–Kier alpha value is -1.28. The molecule has 1 aromatic carbocycles. The van der Waals surface area contributed by atoms with Crippen LogP contribution in [0.3, 0.4) is 0 Å². The molecule has 1 saturated heterocycles. The number of ketones is 1. The number of hydrogen-bond donors (Lipinski definition) is 1. The Morgan fingerprint density at radius 2 is 2.00 bits per heavy atom. The molecule has 78 valence electrons. The average molecular weight is 222 g/mol. The van der Waals surface area contributed by atoms with E-state index in [1.165, 1.54) is 0 Å². The van der Waals surface area contributed by atoms with Crippen molar-refractivity contribution in [1.29, 1.82) is 0 Å². The molecule has 1 aliphatic rings. The number of halogens is 1. The minimum atomic E-state index is 0.300. The normalized spacial score (nSPS) is 19.0. The zero-order chi connectivity index (χ0) is 10.7. The van der Waals surface area contributed by atoms with E-state index in [2.05, 4.69) is 5.32 Å². The summed E-state index contributed by atoms with van der Waals surface area (Å²) in [6.07, 6.45) is 3.15. The fourth-order valence-corrected chi connectivity index (χ4v) is 1.71. The summed E-state index contributed by atoms with van der Waals surface area (Å²) in [4.78, 5) is 11.2. The summed E-state index contributed by atoms with van der Waals surface area (Å²) in [5.74, 6) is 0.300. The van der Waals surface area contributed by atoms with Gasteiger partial charge >= 0.3 is 0 Å². The molecule has 1 aliphatic heterocycles. The molecule has 2 nitrogen and oxygen atoms in total. The van der Waals surface area contributed by atoms with Crippen LogP contribution in [0.5, 0.6) is 0 Å². The number of Topliss-reactive ketones (excluding diaryl/α,β-unsaturated/α-hetero) is 1. The van der Waals surface area contributed by atoms with E-state index in [4.69, 9.17) is 11.6 Å². The highest BCUT2D eigenvalue weighted by atomic mass is 35.5. The third kappa shape index (κ3) is 2.83. The predicted molar refractivity (Wildman–Crippen MR) is 61.7 cm³/mol. The van der Waals surface area contributed by atoms with E-state index >= 15 is 0 Å². The highest BCUT2D eigenvalue weighted by Gasteiger charge is 2.11. The summed E-state index contributed by atoms with van der Waals surface area (Å²) in [7, 11) is 0. The minimum Gasteiger partial charge on any atom is -0.388 e. The molecular weight excluding hydrogens is 210 g/mol. The van der Waals surface area contributed by atoms with Crippen molar-refractivity contribution in [3.05, 3.63) is 40.5 Å². The summed E-state index contributed by atoms with van der Waals surface area (Å²) in [6.45, 7) is 0.748. The van der Waals surface area contributed by atoms with E-state index in [9.17, 15) is 4.79 Å². The van der Waals surface area contributed by atoms with Crippen LogP contribution in [-0.4, -0.2) is 12.3 Å². The van der Waals surface area contributed by atoms with Gasteiger partial charge in [-0.15, -0.1) is 0 Å². The molecular formula is C12H12ClNO. The fourth-order valence-electron chi connectivity index (χ4n) is 1.59. The van der Waals surface area contributed by atoms with Crippen molar-refractivity contribution in [1.82, 2.24) is 5.32 Å². The van der Waals surface area contributed by atoms with Crippen LogP contribution in [0, 0.1) is 0 Å². The van der Waals surface area contributed by atoms with Gasteiger partial charge in [0.1, 0.15) is 5.78 Å². The molecule has 1 aromatic rings. The van der Waals surface area contributed by atoms with Gasteiger partial charge in [0.05, 0.1) is 0 Å². The zero-order valence-electron chi connectivity index (χ0n) is 8.29. The summed E-state index contributed by atoms with van der Waals surface area (Å²) < 4.78 is 0. The van der Waals surface area contributed by atoms with Crippen LogP contribution in [0.1, 0.15) is 18.4 Å². The molecule has 0 spiro atoms. The molecule has 1 heterocycles. The van der Waals surface area contributed by atoms with Gasteiger partial charge in [-0.2, -0.15) is 0 Å². The van der Waals surface area contributed by atoms with E-state index in [1.807, 2.05) is 30.3 Å². The molecule has 2 rings (SSSR count). The Balaban J connectivity index is 2.15. The second kappa shape index (κ2) is 4.49. The number of carbonyl (C=O) groups excluding carboxylic acids is 1. The van der Waals surface area contributed by atoms with Crippen LogP contribution in [-0.2, 0) is 4.79 Å². The quantitative estimate of drug-likeness (QED) is 0.790.